The number of nitrogens with zero attached hydrogens (tertiary/aromatic N) is 1. The van der Waals surface area contributed by atoms with Gasteiger partial charge in [0.1, 0.15) is 11.2 Å². The molecule has 11 aromatic carbocycles. The second-order valence-electron chi connectivity index (χ2n) is 17.6. The molecule has 2 nitrogen and oxygen atoms in total. The van der Waals surface area contributed by atoms with Crippen LogP contribution in [-0.4, -0.2) is 0 Å². The van der Waals surface area contributed by atoms with E-state index in [1.807, 2.05) is 12.1 Å². The molecule has 1 aliphatic carbocycles. The van der Waals surface area contributed by atoms with Gasteiger partial charge in [0.15, 0.2) is 0 Å². The highest BCUT2D eigenvalue weighted by molar-refractivity contribution is 6.06. The Morgan fingerprint density at radius 2 is 0.806 bits per heavy atom. The number of hydrogen-bond donors (Lipinski definition) is 0. The number of furan rings is 1. The summed E-state index contributed by atoms with van der Waals surface area (Å²) in [6.45, 7) is 0. The minimum Gasteiger partial charge on any atom is -0.456 e. The maximum absolute atomic E-state index is 6.42. The minimum absolute atomic E-state index is 0.529. The quantitative estimate of drug-likeness (QED) is 0.151. The molecule has 0 saturated heterocycles. The molecule has 1 atom stereocenters. The van der Waals surface area contributed by atoms with Crippen molar-refractivity contribution >= 4 is 49.8 Å². The maximum atomic E-state index is 6.42. The molecule has 0 saturated carbocycles. The van der Waals surface area contributed by atoms with Crippen molar-refractivity contribution in [3.8, 4) is 44.5 Å². The van der Waals surface area contributed by atoms with Gasteiger partial charge in [-0.3, -0.25) is 0 Å². The zero-order valence-electron chi connectivity index (χ0n) is 36.7. The van der Waals surface area contributed by atoms with E-state index < -0.39 is 5.41 Å². The summed E-state index contributed by atoms with van der Waals surface area (Å²) in [5.74, 6) is 0. The third kappa shape index (κ3) is 6.33. The Hall–Kier alpha value is -8.72. The molecule has 0 fully saturated rings. The standard InChI is InChI=1S/C65H43NO/c1-3-14-44(15-4-1)45-28-35-52(36-29-45)66(54-39-41-60-59-22-10-12-25-63(59)67-64(60)43-54)53-37-30-46(31-38-53)49-32-40-58-57-21-9-11-24-61(57)65(62(58)42-49,50-18-5-2-6-19-50)51-33-26-48(27-34-51)56-23-13-17-47-16-7-8-20-55(47)56/h1-43H. The van der Waals surface area contributed by atoms with Gasteiger partial charge in [-0.05, 0) is 126 Å². The van der Waals surface area contributed by atoms with E-state index in [1.165, 1.54) is 72.0 Å². The molecule has 0 spiro atoms. The first-order valence-corrected chi connectivity index (χ1v) is 23.1. The molecule has 314 valence electrons. The normalized spacial score (nSPS) is 14.0. The SMILES string of the molecule is c1ccc(-c2ccc(N(c3ccc(-c4ccc5c(c4)C(c4ccccc4)(c4ccc(-c6cccc7ccccc67)cc4)c4ccccc4-5)cc3)c3ccc4c(c3)oc3ccccc34)cc2)cc1. The molecule has 0 bridgehead atoms. The molecule has 1 unspecified atom stereocenters. The van der Waals surface area contributed by atoms with Gasteiger partial charge < -0.3 is 9.32 Å². The average molecular weight is 854 g/mol. The molecule has 1 aromatic heterocycles. The molecule has 1 heterocycles. The van der Waals surface area contributed by atoms with Gasteiger partial charge in [0.25, 0.3) is 0 Å². The Balaban J connectivity index is 0.927. The van der Waals surface area contributed by atoms with E-state index in [0.29, 0.717) is 0 Å². The van der Waals surface area contributed by atoms with Crippen molar-refractivity contribution in [3.63, 3.8) is 0 Å². The van der Waals surface area contributed by atoms with Gasteiger partial charge in [-0.1, -0.05) is 206 Å². The van der Waals surface area contributed by atoms with Crippen LogP contribution in [0.5, 0.6) is 0 Å². The maximum Gasteiger partial charge on any atom is 0.137 e. The van der Waals surface area contributed by atoms with E-state index in [9.17, 15) is 0 Å². The number of benzene rings is 11. The molecule has 1 aliphatic rings. The summed E-state index contributed by atoms with van der Waals surface area (Å²) >= 11 is 0. The first-order valence-electron chi connectivity index (χ1n) is 23.1. The highest BCUT2D eigenvalue weighted by Crippen LogP contribution is 2.57. The van der Waals surface area contributed by atoms with Crippen molar-refractivity contribution in [1.82, 2.24) is 0 Å². The first kappa shape index (κ1) is 38.7. The Labute approximate surface area is 390 Å². The van der Waals surface area contributed by atoms with Crippen LogP contribution in [-0.2, 0) is 5.41 Å². The molecule has 0 amide bonds. The smallest absolute Gasteiger partial charge is 0.137 e. The van der Waals surface area contributed by atoms with Crippen LogP contribution in [0.4, 0.5) is 17.1 Å². The lowest BCUT2D eigenvalue weighted by atomic mass is 9.67. The fourth-order valence-corrected chi connectivity index (χ4v) is 10.9. The summed E-state index contributed by atoms with van der Waals surface area (Å²) < 4.78 is 6.42. The second kappa shape index (κ2) is 15.8. The summed E-state index contributed by atoms with van der Waals surface area (Å²) in [7, 11) is 0. The number of anilines is 3. The van der Waals surface area contributed by atoms with Crippen LogP contribution in [0.3, 0.4) is 0 Å². The van der Waals surface area contributed by atoms with Crippen LogP contribution in [0.1, 0.15) is 22.3 Å². The average Bonchev–Trinajstić information content (AvgIpc) is 3.93. The molecule has 13 rings (SSSR count). The second-order valence-corrected chi connectivity index (χ2v) is 17.6. The largest absolute Gasteiger partial charge is 0.456 e. The van der Waals surface area contributed by atoms with Crippen LogP contribution in [0.25, 0.3) is 77.2 Å². The zero-order chi connectivity index (χ0) is 44.3. The van der Waals surface area contributed by atoms with Gasteiger partial charge in [0.2, 0.25) is 0 Å². The van der Waals surface area contributed by atoms with E-state index in [2.05, 4.69) is 254 Å². The van der Waals surface area contributed by atoms with Crippen LogP contribution < -0.4 is 4.90 Å². The highest BCUT2D eigenvalue weighted by atomic mass is 16.3. The third-order valence-electron chi connectivity index (χ3n) is 14.0. The molecule has 0 radical (unpaired) electrons. The van der Waals surface area contributed by atoms with Gasteiger partial charge >= 0.3 is 0 Å². The fourth-order valence-electron chi connectivity index (χ4n) is 10.9. The van der Waals surface area contributed by atoms with Crippen molar-refractivity contribution in [2.45, 2.75) is 5.41 Å². The topological polar surface area (TPSA) is 16.4 Å². The van der Waals surface area contributed by atoms with Gasteiger partial charge in [-0.2, -0.15) is 0 Å². The van der Waals surface area contributed by atoms with Crippen molar-refractivity contribution in [2.24, 2.45) is 0 Å². The monoisotopic (exact) mass is 853 g/mol. The molecule has 2 heteroatoms. The number of para-hydroxylation sites is 1. The number of rotatable bonds is 8. The molecular formula is C65H43NO. The molecule has 0 N–H and O–H groups in total. The third-order valence-corrected chi connectivity index (χ3v) is 14.0. The molecular weight excluding hydrogens is 811 g/mol. The van der Waals surface area contributed by atoms with E-state index in [-0.39, 0.29) is 0 Å². The predicted molar refractivity (Wildman–Crippen MR) is 280 cm³/mol. The van der Waals surface area contributed by atoms with Crippen LogP contribution in [0.15, 0.2) is 265 Å². The van der Waals surface area contributed by atoms with E-state index in [4.69, 9.17) is 4.42 Å². The van der Waals surface area contributed by atoms with Crippen molar-refractivity contribution < 1.29 is 4.42 Å². The van der Waals surface area contributed by atoms with Gasteiger partial charge in [-0.15, -0.1) is 0 Å². The molecule has 12 aromatic rings. The number of fused-ring (bicyclic) bond motifs is 7. The van der Waals surface area contributed by atoms with Crippen molar-refractivity contribution in [2.75, 3.05) is 4.90 Å². The van der Waals surface area contributed by atoms with Gasteiger partial charge in [0.05, 0.1) is 5.41 Å². The van der Waals surface area contributed by atoms with Crippen molar-refractivity contribution in [3.05, 3.63) is 283 Å². The lowest BCUT2D eigenvalue weighted by Gasteiger charge is -2.34. The van der Waals surface area contributed by atoms with Crippen LogP contribution in [0, 0.1) is 0 Å². The van der Waals surface area contributed by atoms with Gasteiger partial charge in [-0.25, -0.2) is 0 Å². The fraction of sp³-hybridized carbons (Fsp3) is 0.0154. The minimum atomic E-state index is -0.529. The summed E-state index contributed by atoms with van der Waals surface area (Å²) in [4.78, 5) is 2.33. The van der Waals surface area contributed by atoms with Crippen molar-refractivity contribution in [1.29, 1.82) is 0 Å². The van der Waals surface area contributed by atoms with Crippen LogP contribution >= 0.6 is 0 Å². The van der Waals surface area contributed by atoms with E-state index in [0.717, 1.165) is 44.6 Å². The Morgan fingerprint density at radius 3 is 1.58 bits per heavy atom. The molecule has 67 heavy (non-hydrogen) atoms. The lowest BCUT2D eigenvalue weighted by Crippen LogP contribution is -2.28. The molecule has 0 aliphatic heterocycles. The zero-order valence-corrected chi connectivity index (χ0v) is 36.7. The predicted octanol–water partition coefficient (Wildman–Crippen LogP) is 17.6. The Kier molecular flexibility index (Phi) is 9.11. The van der Waals surface area contributed by atoms with E-state index in [1.54, 1.807) is 0 Å². The first-order chi connectivity index (χ1) is 33.2. The Morgan fingerprint density at radius 1 is 0.284 bits per heavy atom. The van der Waals surface area contributed by atoms with Gasteiger partial charge in [0, 0.05) is 33.9 Å². The van der Waals surface area contributed by atoms with E-state index >= 15 is 0 Å². The summed E-state index contributed by atoms with van der Waals surface area (Å²) in [5.41, 5.74) is 19.2. The lowest BCUT2D eigenvalue weighted by molar-refractivity contribution is 0.669. The summed E-state index contributed by atoms with van der Waals surface area (Å²) in [6.07, 6.45) is 0. The summed E-state index contributed by atoms with van der Waals surface area (Å²) in [5, 5.41) is 4.75. The summed E-state index contributed by atoms with van der Waals surface area (Å²) in [6, 6.07) is 95.1. The Bertz CT molecular complexity index is 3770. The highest BCUT2D eigenvalue weighted by Gasteiger charge is 2.46. The van der Waals surface area contributed by atoms with Crippen LogP contribution in [0.2, 0.25) is 0 Å². The number of hydrogen-bond acceptors (Lipinski definition) is 2.